The van der Waals surface area contributed by atoms with Crippen LogP contribution in [0, 0.1) is 12.8 Å². The van der Waals surface area contributed by atoms with Crippen molar-refractivity contribution in [3.8, 4) is 0 Å². The zero-order chi connectivity index (χ0) is 14.5. The fraction of sp³-hybridized carbons (Fsp3) is 0.368. The summed E-state index contributed by atoms with van der Waals surface area (Å²) in [5.41, 5.74) is 2.60. The molecular weight excluding hydrogens is 276 g/mol. The molecule has 1 aliphatic rings. The number of benzene rings is 2. The molecule has 0 aromatic heterocycles. The van der Waals surface area contributed by atoms with Crippen LogP contribution in [0.4, 0.5) is 0 Å². The number of rotatable bonds is 6. The van der Waals surface area contributed by atoms with Crippen molar-refractivity contribution in [3.63, 3.8) is 0 Å². The standard InChI is InChI=1S/C19H22OS/c1-15-7-9-19(10-8-15)21-14-17-11-18(12-17)20-13-16-5-3-2-4-6-16/h2-10,17-18H,11-14H2,1H3. The molecule has 1 fully saturated rings. The Morgan fingerprint density at radius 1 is 1.00 bits per heavy atom. The zero-order valence-electron chi connectivity index (χ0n) is 12.5. The molecule has 0 bridgehead atoms. The lowest BCUT2D eigenvalue weighted by atomic mass is 9.84. The van der Waals surface area contributed by atoms with Gasteiger partial charge in [0.15, 0.2) is 0 Å². The van der Waals surface area contributed by atoms with E-state index in [1.54, 1.807) is 0 Å². The molecule has 110 valence electrons. The van der Waals surface area contributed by atoms with Gasteiger partial charge in [0.2, 0.25) is 0 Å². The van der Waals surface area contributed by atoms with Gasteiger partial charge in [-0.3, -0.25) is 0 Å². The van der Waals surface area contributed by atoms with Crippen LogP contribution in [0.25, 0.3) is 0 Å². The molecule has 0 atom stereocenters. The second-order valence-corrected chi connectivity index (χ2v) is 6.97. The van der Waals surface area contributed by atoms with E-state index < -0.39 is 0 Å². The fourth-order valence-electron chi connectivity index (χ4n) is 2.58. The van der Waals surface area contributed by atoms with Crippen LogP contribution in [-0.4, -0.2) is 11.9 Å². The maximum Gasteiger partial charge on any atom is 0.0720 e. The van der Waals surface area contributed by atoms with Crippen molar-refractivity contribution in [1.29, 1.82) is 0 Å². The van der Waals surface area contributed by atoms with Gasteiger partial charge in [0, 0.05) is 10.6 Å². The van der Waals surface area contributed by atoms with Crippen molar-refractivity contribution in [3.05, 3.63) is 65.7 Å². The first kappa shape index (κ1) is 14.7. The first-order valence-corrected chi connectivity index (χ1v) is 8.63. The minimum absolute atomic E-state index is 0.467. The molecule has 0 saturated heterocycles. The van der Waals surface area contributed by atoms with Crippen LogP contribution < -0.4 is 0 Å². The lowest BCUT2D eigenvalue weighted by Crippen LogP contribution is -2.32. The minimum atomic E-state index is 0.467. The van der Waals surface area contributed by atoms with Crippen molar-refractivity contribution < 1.29 is 4.74 Å². The molecule has 2 aromatic carbocycles. The molecule has 0 aliphatic heterocycles. The van der Waals surface area contributed by atoms with E-state index in [1.807, 2.05) is 17.8 Å². The van der Waals surface area contributed by atoms with Gasteiger partial charge in [-0.25, -0.2) is 0 Å². The first-order valence-electron chi connectivity index (χ1n) is 7.64. The van der Waals surface area contributed by atoms with Gasteiger partial charge in [-0.15, -0.1) is 11.8 Å². The van der Waals surface area contributed by atoms with E-state index in [4.69, 9.17) is 4.74 Å². The third kappa shape index (κ3) is 4.36. The zero-order valence-corrected chi connectivity index (χ0v) is 13.3. The number of hydrogen-bond acceptors (Lipinski definition) is 2. The van der Waals surface area contributed by atoms with Gasteiger partial charge in [0.25, 0.3) is 0 Å². The van der Waals surface area contributed by atoms with E-state index in [0.29, 0.717) is 6.10 Å². The number of aryl methyl sites for hydroxylation is 1. The summed E-state index contributed by atoms with van der Waals surface area (Å²) >= 11 is 1.97. The molecular formula is C19H22OS. The Labute approximate surface area is 131 Å². The quantitative estimate of drug-likeness (QED) is 0.688. The fourth-order valence-corrected chi connectivity index (χ4v) is 3.61. The Morgan fingerprint density at radius 2 is 1.71 bits per heavy atom. The van der Waals surface area contributed by atoms with Gasteiger partial charge < -0.3 is 4.74 Å². The highest BCUT2D eigenvalue weighted by atomic mass is 32.2. The van der Waals surface area contributed by atoms with Gasteiger partial charge in [-0.2, -0.15) is 0 Å². The van der Waals surface area contributed by atoms with Gasteiger partial charge in [0.1, 0.15) is 0 Å². The monoisotopic (exact) mass is 298 g/mol. The van der Waals surface area contributed by atoms with E-state index in [9.17, 15) is 0 Å². The lowest BCUT2D eigenvalue weighted by Gasteiger charge is -2.35. The largest absolute Gasteiger partial charge is 0.374 e. The number of hydrogen-bond donors (Lipinski definition) is 0. The van der Waals surface area contributed by atoms with Crippen LogP contribution in [0.15, 0.2) is 59.5 Å². The van der Waals surface area contributed by atoms with Crippen molar-refractivity contribution in [2.75, 3.05) is 5.75 Å². The van der Waals surface area contributed by atoms with Crippen molar-refractivity contribution in [2.24, 2.45) is 5.92 Å². The van der Waals surface area contributed by atoms with Gasteiger partial charge in [0.05, 0.1) is 12.7 Å². The smallest absolute Gasteiger partial charge is 0.0720 e. The summed E-state index contributed by atoms with van der Waals surface area (Å²) in [6.45, 7) is 2.89. The van der Waals surface area contributed by atoms with E-state index in [2.05, 4.69) is 55.5 Å². The molecule has 0 amide bonds. The highest BCUT2D eigenvalue weighted by molar-refractivity contribution is 7.99. The Hall–Kier alpha value is -1.25. The molecule has 0 N–H and O–H groups in total. The molecule has 3 rings (SSSR count). The summed E-state index contributed by atoms with van der Waals surface area (Å²) in [6, 6.07) is 19.3. The predicted octanol–water partition coefficient (Wildman–Crippen LogP) is 5.08. The maximum atomic E-state index is 5.95. The average molecular weight is 298 g/mol. The maximum absolute atomic E-state index is 5.95. The highest BCUT2D eigenvalue weighted by Gasteiger charge is 2.29. The van der Waals surface area contributed by atoms with E-state index in [1.165, 1.54) is 34.6 Å². The molecule has 21 heavy (non-hydrogen) atoms. The summed E-state index contributed by atoms with van der Waals surface area (Å²) in [5.74, 6) is 2.03. The SMILES string of the molecule is Cc1ccc(SCC2CC(OCc3ccccc3)C2)cc1. The summed E-state index contributed by atoms with van der Waals surface area (Å²) in [7, 11) is 0. The van der Waals surface area contributed by atoms with Crippen LogP contribution in [0.2, 0.25) is 0 Å². The predicted molar refractivity (Wildman–Crippen MR) is 89.6 cm³/mol. The normalized spacial score (nSPS) is 21.0. The minimum Gasteiger partial charge on any atom is -0.374 e. The van der Waals surface area contributed by atoms with Gasteiger partial charge in [-0.1, -0.05) is 48.0 Å². The lowest BCUT2D eigenvalue weighted by molar-refractivity contribution is -0.0340. The Kier molecular flexibility index (Phi) is 5.00. The molecule has 0 unspecified atom stereocenters. The topological polar surface area (TPSA) is 9.23 Å². The van der Waals surface area contributed by atoms with Crippen LogP contribution in [0.5, 0.6) is 0 Å². The third-order valence-corrected chi connectivity index (χ3v) is 5.27. The van der Waals surface area contributed by atoms with Gasteiger partial charge in [-0.05, 0) is 43.4 Å². The molecule has 1 nitrogen and oxygen atoms in total. The second kappa shape index (κ2) is 7.15. The Balaban J connectivity index is 1.33. The summed E-state index contributed by atoms with van der Waals surface area (Å²) in [6.07, 6.45) is 2.89. The number of ether oxygens (including phenoxy) is 1. The molecule has 1 aliphatic carbocycles. The molecule has 2 heteroatoms. The van der Waals surface area contributed by atoms with Crippen molar-refractivity contribution >= 4 is 11.8 Å². The molecule has 0 radical (unpaired) electrons. The Bertz CT molecular complexity index is 544. The first-order chi connectivity index (χ1) is 10.3. The molecule has 0 spiro atoms. The number of thioether (sulfide) groups is 1. The highest BCUT2D eigenvalue weighted by Crippen LogP contribution is 2.35. The van der Waals surface area contributed by atoms with Gasteiger partial charge >= 0.3 is 0 Å². The van der Waals surface area contributed by atoms with Crippen LogP contribution in [0.1, 0.15) is 24.0 Å². The summed E-state index contributed by atoms with van der Waals surface area (Å²) in [5, 5.41) is 0. The van der Waals surface area contributed by atoms with E-state index in [0.717, 1.165) is 12.5 Å². The van der Waals surface area contributed by atoms with E-state index in [-0.39, 0.29) is 0 Å². The summed E-state index contributed by atoms with van der Waals surface area (Å²) < 4.78 is 5.95. The molecule has 2 aromatic rings. The molecule has 1 saturated carbocycles. The van der Waals surface area contributed by atoms with E-state index >= 15 is 0 Å². The van der Waals surface area contributed by atoms with Crippen LogP contribution >= 0.6 is 11.8 Å². The van der Waals surface area contributed by atoms with Crippen molar-refractivity contribution in [2.45, 2.75) is 37.4 Å². The van der Waals surface area contributed by atoms with Crippen LogP contribution in [0.3, 0.4) is 0 Å². The van der Waals surface area contributed by atoms with Crippen LogP contribution in [-0.2, 0) is 11.3 Å². The Morgan fingerprint density at radius 3 is 2.43 bits per heavy atom. The average Bonchev–Trinajstić information content (AvgIpc) is 2.48. The second-order valence-electron chi connectivity index (χ2n) is 5.88. The molecule has 0 heterocycles. The van der Waals surface area contributed by atoms with Crippen molar-refractivity contribution in [1.82, 2.24) is 0 Å². The third-order valence-electron chi connectivity index (χ3n) is 4.03. The summed E-state index contributed by atoms with van der Waals surface area (Å²) in [4.78, 5) is 1.38.